The maximum Gasteiger partial charge on any atom is 0.123 e. The van der Waals surface area contributed by atoms with Gasteiger partial charge in [0.05, 0.1) is 5.69 Å². The van der Waals surface area contributed by atoms with Gasteiger partial charge in [0.1, 0.15) is 5.01 Å². The molecule has 1 N–H and O–H groups in total. The van der Waals surface area contributed by atoms with Crippen molar-refractivity contribution in [2.75, 3.05) is 6.54 Å². The van der Waals surface area contributed by atoms with Crippen LogP contribution < -0.4 is 5.32 Å². The third kappa shape index (κ3) is 3.74. The highest BCUT2D eigenvalue weighted by Crippen LogP contribution is 2.34. The summed E-state index contributed by atoms with van der Waals surface area (Å²) in [5, 5.41) is 4.67. The second-order valence-corrected chi connectivity index (χ2v) is 7.39. The minimum absolute atomic E-state index is 0.369. The molecule has 0 radical (unpaired) electrons. The lowest BCUT2D eigenvalue weighted by molar-refractivity contribution is 0.575. The van der Waals surface area contributed by atoms with Gasteiger partial charge in [-0.05, 0) is 63.9 Å². The first-order valence-corrected chi connectivity index (χ1v) is 9.02. The van der Waals surface area contributed by atoms with Gasteiger partial charge in [-0.3, -0.25) is 0 Å². The highest BCUT2D eigenvalue weighted by atomic mass is 79.9. The van der Waals surface area contributed by atoms with Crippen LogP contribution in [0.1, 0.15) is 48.0 Å². The summed E-state index contributed by atoms with van der Waals surface area (Å²) in [5.74, 6) is 0. The molecule has 0 aliphatic carbocycles. The lowest BCUT2D eigenvalue weighted by Gasteiger charge is -2.11. The molecule has 0 amide bonds. The van der Waals surface area contributed by atoms with Crippen molar-refractivity contribution in [2.45, 2.75) is 47.1 Å². The average Bonchev–Trinajstić information content (AvgIpc) is 2.83. The summed E-state index contributed by atoms with van der Waals surface area (Å²) in [7, 11) is 0. The van der Waals surface area contributed by atoms with E-state index in [0.717, 1.165) is 23.7 Å². The minimum Gasteiger partial charge on any atom is -0.309 e. The molecule has 1 atom stereocenters. The van der Waals surface area contributed by atoms with Gasteiger partial charge >= 0.3 is 0 Å². The molecule has 2 nitrogen and oxygen atoms in total. The first-order valence-electron chi connectivity index (χ1n) is 7.41. The van der Waals surface area contributed by atoms with Gasteiger partial charge in [-0.15, -0.1) is 11.3 Å². The average molecular weight is 367 g/mol. The third-order valence-electron chi connectivity index (χ3n) is 3.61. The zero-order valence-electron chi connectivity index (χ0n) is 13.4. The van der Waals surface area contributed by atoms with E-state index in [1.54, 1.807) is 11.3 Å². The Morgan fingerprint density at radius 3 is 2.43 bits per heavy atom. The van der Waals surface area contributed by atoms with Crippen LogP contribution in [0.15, 0.2) is 16.6 Å². The molecule has 2 rings (SSSR count). The Balaban J connectivity index is 2.34. The summed E-state index contributed by atoms with van der Waals surface area (Å²) in [6.07, 6.45) is 1.15. The first kappa shape index (κ1) is 16.7. The van der Waals surface area contributed by atoms with Gasteiger partial charge in [0.25, 0.3) is 0 Å². The molecule has 0 aliphatic rings. The Bertz CT molecular complexity index is 611. The number of aromatic nitrogens is 1. The number of nitrogens with one attached hydrogen (secondary N) is 1. The number of benzene rings is 1. The first-order chi connectivity index (χ1) is 9.93. The van der Waals surface area contributed by atoms with Gasteiger partial charge in [-0.1, -0.05) is 22.9 Å². The van der Waals surface area contributed by atoms with E-state index in [2.05, 4.69) is 68.0 Å². The zero-order chi connectivity index (χ0) is 15.6. The number of hydrogen-bond acceptors (Lipinski definition) is 3. The molecule has 1 aromatic heterocycles. The molecular weight excluding hydrogens is 344 g/mol. The molecule has 1 heterocycles. The van der Waals surface area contributed by atoms with Crippen molar-refractivity contribution in [2.24, 2.45) is 0 Å². The Kier molecular flexibility index (Phi) is 5.58. The highest BCUT2D eigenvalue weighted by molar-refractivity contribution is 9.10. The minimum atomic E-state index is 0.369. The van der Waals surface area contributed by atoms with Crippen molar-refractivity contribution < 1.29 is 0 Å². The maximum atomic E-state index is 4.79. The molecule has 1 aromatic carbocycles. The molecule has 114 valence electrons. The summed E-state index contributed by atoms with van der Waals surface area (Å²) in [6, 6.07) is 4.79. The van der Waals surface area contributed by atoms with Crippen LogP contribution in [0.25, 0.3) is 10.6 Å². The van der Waals surface area contributed by atoms with E-state index in [9.17, 15) is 0 Å². The quantitative estimate of drug-likeness (QED) is 0.749. The van der Waals surface area contributed by atoms with Crippen molar-refractivity contribution in [3.05, 3.63) is 38.3 Å². The molecule has 0 spiro atoms. The SMILES string of the molecule is CCCNC(C)c1sc(-c2cc(C)c(Br)c(C)c2)nc1C. The fraction of sp³-hybridized carbons (Fsp3) is 0.471. The maximum absolute atomic E-state index is 4.79. The van der Waals surface area contributed by atoms with E-state index >= 15 is 0 Å². The molecule has 0 saturated carbocycles. The molecule has 0 aliphatic heterocycles. The summed E-state index contributed by atoms with van der Waals surface area (Å²) in [4.78, 5) is 6.13. The van der Waals surface area contributed by atoms with Gasteiger partial charge in [0.2, 0.25) is 0 Å². The van der Waals surface area contributed by atoms with Crippen LogP contribution in [0.3, 0.4) is 0 Å². The monoisotopic (exact) mass is 366 g/mol. The largest absolute Gasteiger partial charge is 0.309 e. The molecule has 0 bridgehead atoms. The fourth-order valence-corrected chi connectivity index (χ4v) is 3.77. The van der Waals surface area contributed by atoms with E-state index in [1.807, 2.05) is 0 Å². The molecule has 0 fully saturated rings. The fourth-order valence-electron chi connectivity index (χ4n) is 2.46. The van der Waals surface area contributed by atoms with E-state index in [1.165, 1.54) is 26.0 Å². The molecule has 1 unspecified atom stereocenters. The van der Waals surface area contributed by atoms with Gasteiger partial charge in [-0.2, -0.15) is 0 Å². The number of thiazole rings is 1. The lowest BCUT2D eigenvalue weighted by atomic mass is 10.1. The van der Waals surface area contributed by atoms with Crippen molar-refractivity contribution in [3.8, 4) is 10.6 Å². The second kappa shape index (κ2) is 7.03. The predicted octanol–water partition coefficient (Wildman–Crippen LogP) is 5.56. The van der Waals surface area contributed by atoms with Crippen LogP contribution in [0, 0.1) is 20.8 Å². The van der Waals surface area contributed by atoms with E-state index in [4.69, 9.17) is 4.98 Å². The highest BCUT2D eigenvalue weighted by Gasteiger charge is 2.15. The van der Waals surface area contributed by atoms with E-state index < -0.39 is 0 Å². The smallest absolute Gasteiger partial charge is 0.123 e. The third-order valence-corrected chi connectivity index (χ3v) is 6.25. The van der Waals surface area contributed by atoms with Crippen molar-refractivity contribution in [3.63, 3.8) is 0 Å². The van der Waals surface area contributed by atoms with Crippen LogP contribution in [0.4, 0.5) is 0 Å². The van der Waals surface area contributed by atoms with Gasteiger partial charge in [-0.25, -0.2) is 4.98 Å². The Labute approximate surface area is 140 Å². The van der Waals surface area contributed by atoms with E-state index in [0.29, 0.717) is 6.04 Å². The van der Waals surface area contributed by atoms with Crippen LogP contribution >= 0.6 is 27.3 Å². The van der Waals surface area contributed by atoms with Crippen molar-refractivity contribution >= 4 is 27.3 Å². The molecule has 21 heavy (non-hydrogen) atoms. The van der Waals surface area contributed by atoms with Crippen LogP contribution in [0.5, 0.6) is 0 Å². The van der Waals surface area contributed by atoms with Crippen LogP contribution in [-0.2, 0) is 0 Å². The number of halogens is 1. The lowest BCUT2D eigenvalue weighted by Crippen LogP contribution is -2.18. The summed E-state index contributed by atoms with van der Waals surface area (Å²) < 4.78 is 1.19. The topological polar surface area (TPSA) is 24.9 Å². The van der Waals surface area contributed by atoms with Gasteiger partial charge < -0.3 is 5.32 Å². The molecule has 2 aromatic rings. The summed E-state index contributed by atoms with van der Waals surface area (Å²) >= 11 is 5.44. The molecular formula is C17H23BrN2S. The zero-order valence-corrected chi connectivity index (χ0v) is 15.8. The predicted molar refractivity (Wildman–Crippen MR) is 96.2 cm³/mol. The summed E-state index contributed by atoms with van der Waals surface area (Å²) in [6.45, 7) is 11.8. The van der Waals surface area contributed by atoms with Crippen molar-refractivity contribution in [1.29, 1.82) is 0 Å². The Morgan fingerprint density at radius 2 is 1.86 bits per heavy atom. The number of rotatable bonds is 5. The van der Waals surface area contributed by atoms with Gasteiger partial charge in [0.15, 0.2) is 0 Å². The van der Waals surface area contributed by atoms with Gasteiger partial charge in [0, 0.05) is 21.0 Å². The number of hydrogen-bond donors (Lipinski definition) is 1. The number of nitrogens with zero attached hydrogens (tertiary/aromatic N) is 1. The van der Waals surface area contributed by atoms with E-state index in [-0.39, 0.29) is 0 Å². The van der Waals surface area contributed by atoms with Crippen LogP contribution in [-0.4, -0.2) is 11.5 Å². The normalized spacial score (nSPS) is 12.7. The Morgan fingerprint density at radius 1 is 1.24 bits per heavy atom. The summed E-state index contributed by atoms with van der Waals surface area (Å²) in [5.41, 5.74) is 4.88. The molecule has 4 heteroatoms. The number of aryl methyl sites for hydroxylation is 3. The molecule has 0 saturated heterocycles. The van der Waals surface area contributed by atoms with Crippen LogP contribution in [0.2, 0.25) is 0 Å². The standard InChI is InChI=1S/C17H23BrN2S/c1-6-7-19-12(4)16-13(5)20-17(21-16)14-8-10(2)15(18)11(3)9-14/h8-9,12,19H,6-7H2,1-5H3. The second-order valence-electron chi connectivity index (χ2n) is 5.57. The van der Waals surface area contributed by atoms with Crippen molar-refractivity contribution in [1.82, 2.24) is 10.3 Å². The Hall–Kier alpha value is -0.710.